The minimum absolute atomic E-state index is 0.0249. The molecule has 2 rings (SSSR count). The molecule has 1 N–H and O–H groups in total. The van der Waals surface area contributed by atoms with Crippen LogP contribution in [0.4, 0.5) is 0 Å². The van der Waals surface area contributed by atoms with Crippen LogP contribution in [0.5, 0.6) is 0 Å². The molecule has 0 spiro atoms. The number of hydrogen-bond donors (Lipinski definition) is 1. The molecule has 0 aromatic carbocycles. The summed E-state index contributed by atoms with van der Waals surface area (Å²) in [6.45, 7) is 2.78. The third-order valence-electron chi connectivity index (χ3n) is 2.83. The number of thiophene rings is 1. The number of carbonyl (C=O) groups is 1. The van der Waals surface area contributed by atoms with E-state index in [2.05, 4.69) is 17.2 Å². The fourth-order valence-corrected chi connectivity index (χ4v) is 3.29. The van der Waals surface area contributed by atoms with E-state index in [1.165, 1.54) is 27.7 Å². The van der Waals surface area contributed by atoms with E-state index in [4.69, 9.17) is 0 Å². The zero-order valence-electron chi connectivity index (χ0n) is 11.5. The van der Waals surface area contributed by atoms with E-state index in [9.17, 15) is 9.59 Å². The highest BCUT2D eigenvalue weighted by Crippen LogP contribution is 2.19. The van der Waals surface area contributed by atoms with Crippen molar-refractivity contribution in [1.29, 1.82) is 0 Å². The summed E-state index contributed by atoms with van der Waals surface area (Å²) < 4.78 is 2.16. The van der Waals surface area contributed by atoms with Gasteiger partial charge in [-0.3, -0.25) is 14.2 Å². The topological polar surface area (TPSA) is 64.0 Å². The molecule has 108 valence electrons. The van der Waals surface area contributed by atoms with Crippen LogP contribution in [0.15, 0.2) is 21.4 Å². The first-order valence-corrected chi connectivity index (χ1v) is 8.33. The van der Waals surface area contributed by atoms with Gasteiger partial charge >= 0.3 is 0 Å². The largest absolute Gasteiger partial charge is 0.355 e. The van der Waals surface area contributed by atoms with E-state index in [1.54, 1.807) is 7.05 Å². The Hall–Kier alpha value is -1.34. The number of thioether (sulfide) groups is 1. The summed E-state index contributed by atoms with van der Waals surface area (Å²) in [5.74, 6) is 0.253. The Morgan fingerprint density at radius 2 is 2.35 bits per heavy atom. The van der Waals surface area contributed by atoms with Crippen LogP contribution in [0.3, 0.4) is 0 Å². The first-order valence-electron chi connectivity index (χ1n) is 6.47. The molecule has 0 atom stereocenters. The Morgan fingerprint density at radius 1 is 1.55 bits per heavy atom. The predicted octanol–water partition coefficient (Wildman–Crippen LogP) is 2.00. The minimum atomic E-state index is -0.0566. The van der Waals surface area contributed by atoms with E-state index in [-0.39, 0.29) is 17.2 Å². The number of rotatable bonds is 6. The molecular weight excluding hydrogens is 294 g/mol. The summed E-state index contributed by atoms with van der Waals surface area (Å²) >= 11 is 2.68. The Balaban J connectivity index is 2.04. The fraction of sp³-hybridized carbons (Fsp3) is 0.462. The molecule has 0 saturated carbocycles. The Morgan fingerprint density at radius 3 is 3.10 bits per heavy atom. The summed E-state index contributed by atoms with van der Waals surface area (Å²) in [7, 11) is 1.69. The highest BCUT2D eigenvalue weighted by Gasteiger charge is 2.11. The van der Waals surface area contributed by atoms with E-state index >= 15 is 0 Å². The standard InChI is InChI=1S/C13H17N3O2S2/c1-3-4-6-14-10(17)8-20-13-15-9-5-7-19-11(9)12(18)16(13)2/h5,7H,3-4,6,8H2,1-2H3,(H,14,17). The van der Waals surface area contributed by atoms with E-state index in [0.717, 1.165) is 12.8 Å². The van der Waals surface area contributed by atoms with Gasteiger partial charge in [-0.15, -0.1) is 11.3 Å². The molecule has 7 heteroatoms. The number of carbonyl (C=O) groups excluding carboxylic acids is 1. The highest BCUT2D eigenvalue weighted by molar-refractivity contribution is 7.99. The van der Waals surface area contributed by atoms with Gasteiger partial charge in [0.15, 0.2) is 5.16 Å². The second-order valence-electron chi connectivity index (χ2n) is 4.39. The van der Waals surface area contributed by atoms with Crippen molar-refractivity contribution in [2.24, 2.45) is 7.05 Å². The Labute approximate surface area is 125 Å². The molecule has 0 saturated heterocycles. The van der Waals surface area contributed by atoms with Gasteiger partial charge in [-0.25, -0.2) is 4.98 Å². The first-order chi connectivity index (χ1) is 9.63. The lowest BCUT2D eigenvalue weighted by Gasteiger charge is -2.07. The van der Waals surface area contributed by atoms with Crippen LogP contribution in [0.25, 0.3) is 10.2 Å². The zero-order valence-corrected chi connectivity index (χ0v) is 13.1. The maximum atomic E-state index is 12.1. The maximum Gasteiger partial charge on any atom is 0.271 e. The Bertz CT molecular complexity index is 663. The molecule has 0 aliphatic rings. The van der Waals surface area contributed by atoms with Gasteiger partial charge in [0, 0.05) is 13.6 Å². The highest BCUT2D eigenvalue weighted by atomic mass is 32.2. The number of fused-ring (bicyclic) bond motifs is 1. The number of amides is 1. The van der Waals surface area contributed by atoms with Gasteiger partial charge in [0.05, 0.1) is 11.3 Å². The average Bonchev–Trinajstić information content (AvgIpc) is 2.90. The van der Waals surface area contributed by atoms with Crippen LogP contribution in [0.1, 0.15) is 19.8 Å². The summed E-state index contributed by atoms with van der Waals surface area (Å²) in [4.78, 5) is 28.2. The van der Waals surface area contributed by atoms with Gasteiger partial charge in [-0.05, 0) is 17.9 Å². The fourth-order valence-electron chi connectivity index (χ4n) is 1.68. The van der Waals surface area contributed by atoms with Crippen LogP contribution in [0.2, 0.25) is 0 Å². The molecule has 0 unspecified atom stereocenters. The zero-order chi connectivity index (χ0) is 14.5. The lowest BCUT2D eigenvalue weighted by molar-refractivity contribution is -0.118. The first kappa shape index (κ1) is 15.1. The third-order valence-corrected chi connectivity index (χ3v) is 4.75. The van der Waals surface area contributed by atoms with Gasteiger partial charge in [0.2, 0.25) is 5.91 Å². The van der Waals surface area contributed by atoms with Gasteiger partial charge in [0.25, 0.3) is 5.56 Å². The monoisotopic (exact) mass is 311 g/mol. The lowest BCUT2D eigenvalue weighted by atomic mass is 10.3. The second-order valence-corrected chi connectivity index (χ2v) is 6.24. The van der Waals surface area contributed by atoms with Gasteiger partial charge in [-0.2, -0.15) is 0 Å². The van der Waals surface area contributed by atoms with Crippen molar-refractivity contribution in [1.82, 2.24) is 14.9 Å². The van der Waals surface area contributed by atoms with Crippen LogP contribution in [0, 0.1) is 0 Å². The van der Waals surface area contributed by atoms with Crippen molar-refractivity contribution in [2.75, 3.05) is 12.3 Å². The molecule has 0 fully saturated rings. The van der Waals surface area contributed by atoms with Crippen LogP contribution < -0.4 is 10.9 Å². The van der Waals surface area contributed by atoms with Gasteiger partial charge < -0.3 is 5.32 Å². The predicted molar refractivity (Wildman–Crippen MR) is 83.5 cm³/mol. The number of unbranched alkanes of at least 4 members (excludes halogenated alkanes) is 1. The number of nitrogens with one attached hydrogen (secondary N) is 1. The van der Waals surface area contributed by atoms with Gasteiger partial charge in [0.1, 0.15) is 4.70 Å². The summed E-state index contributed by atoms with van der Waals surface area (Å²) in [5.41, 5.74) is 0.644. The lowest BCUT2D eigenvalue weighted by Crippen LogP contribution is -2.27. The molecule has 1 amide bonds. The maximum absolute atomic E-state index is 12.1. The summed E-state index contributed by atoms with van der Waals surface area (Å²) in [6, 6.07) is 1.83. The van der Waals surface area contributed by atoms with Gasteiger partial charge in [-0.1, -0.05) is 25.1 Å². The number of hydrogen-bond acceptors (Lipinski definition) is 5. The Kier molecular flexibility index (Phi) is 5.19. The summed E-state index contributed by atoms with van der Waals surface area (Å²) in [6.07, 6.45) is 2.03. The second kappa shape index (κ2) is 6.90. The molecule has 20 heavy (non-hydrogen) atoms. The SMILES string of the molecule is CCCCNC(=O)CSc1nc2ccsc2c(=O)n1C. The molecule has 5 nitrogen and oxygen atoms in total. The van der Waals surface area contributed by atoms with E-state index in [0.29, 0.717) is 21.9 Å². The average molecular weight is 311 g/mol. The van der Waals surface area contributed by atoms with Crippen molar-refractivity contribution in [3.8, 4) is 0 Å². The normalized spacial score (nSPS) is 10.9. The number of nitrogens with zero attached hydrogens (tertiary/aromatic N) is 2. The van der Waals surface area contributed by atoms with E-state index < -0.39 is 0 Å². The van der Waals surface area contributed by atoms with Crippen molar-refractivity contribution in [3.05, 3.63) is 21.8 Å². The van der Waals surface area contributed by atoms with Crippen molar-refractivity contribution in [2.45, 2.75) is 24.9 Å². The third kappa shape index (κ3) is 3.40. The van der Waals surface area contributed by atoms with Crippen molar-refractivity contribution < 1.29 is 4.79 Å². The molecule has 0 aliphatic heterocycles. The van der Waals surface area contributed by atoms with Crippen LogP contribution in [-0.4, -0.2) is 27.8 Å². The molecular formula is C13H17N3O2S2. The summed E-state index contributed by atoms with van der Waals surface area (Å²) in [5, 5.41) is 5.27. The molecule has 0 bridgehead atoms. The minimum Gasteiger partial charge on any atom is -0.355 e. The molecule has 2 heterocycles. The quantitative estimate of drug-likeness (QED) is 0.503. The van der Waals surface area contributed by atoms with Crippen molar-refractivity contribution in [3.63, 3.8) is 0 Å². The van der Waals surface area contributed by atoms with Crippen molar-refractivity contribution >= 4 is 39.2 Å². The van der Waals surface area contributed by atoms with Crippen LogP contribution >= 0.6 is 23.1 Å². The number of aromatic nitrogens is 2. The molecule has 2 aromatic rings. The molecule has 2 aromatic heterocycles. The smallest absolute Gasteiger partial charge is 0.271 e. The molecule has 0 radical (unpaired) electrons. The van der Waals surface area contributed by atoms with E-state index in [1.807, 2.05) is 11.4 Å². The van der Waals surface area contributed by atoms with Crippen LogP contribution in [-0.2, 0) is 11.8 Å². The molecule has 0 aliphatic carbocycles.